The van der Waals surface area contributed by atoms with E-state index in [0.717, 1.165) is 11.3 Å². The molecule has 1 rings (SSSR count). The van der Waals surface area contributed by atoms with Crippen molar-refractivity contribution >= 4 is 23.1 Å². The minimum Gasteiger partial charge on any atom is -0.384 e. The maximum Gasteiger partial charge on any atom is 0.1000 e. The van der Waals surface area contributed by atoms with Crippen molar-refractivity contribution in [2.75, 3.05) is 12.3 Å². The van der Waals surface area contributed by atoms with Gasteiger partial charge in [0.15, 0.2) is 0 Å². The van der Waals surface area contributed by atoms with E-state index in [4.69, 9.17) is 0 Å². The lowest BCUT2D eigenvalue weighted by Gasteiger charge is -2.27. The van der Waals surface area contributed by atoms with Crippen LogP contribution in [0.25, 0.3) is 0 Å². The third-order valence-corrected chi connectivity index (χ3v) is 4.92. The molecule has 0 aromatic carbocycles. The summed E-state index contributed by atoms with van der Waals surface area (Å²) in [4.78, 5) is 0. The molecule has 18 heavy (non-hydrogen) atoms. The second-order valence-corrected chi connectivity index (χ2v) is 8.62. The Labute approximate surface area is 119 Å². The van der Waals surface area contributed by atoms with Crippen molar-refractivity contribution in [3.63, 3.8) is 0 Å². The molecule has 4 heteroatoms. The third-order valence-electron chi connectivity index (χ3n) is 2.70. The molecule has 0 fully saturated rings. The predicted octanol–water partition coefficient (Wildman–Crippen LogP) is 3.47. The Morgan fingerprint density at radius 1 is 1.39 bits per heavy atom. The fraction of sp³-hybridized carbons (Fsp3) is 0.714. The standard InChI is InChI=1S/C14H25NOS2/c1-11(8-18-13(2,3)4)15-10-14(5,16)12-6-7-17-9-12/h6-7,9,11,15-16H,8,10H2,1-5H3. The molecule has 1 aromatic heterocycles. The van der Waals surface area contributed by atoms with E-state index in [1.807, 2.05) is 35.5 Å². The Kier molecular flexibility index (Phi) is 5.71. The molecule has 2 nitrogen and oxygen atoms in total. The monoisotopic (exact) mass is 287 g/mol. The van der Waals surface area contributed by atoms with Crippen molar-refractivity contribution in [1.29, 1.82) is 0 Å². The molecule has 2 atom stereocenters. The molecule has 0 saturated heterocycles. The summed E-state index contributed by atoms with van der Waals surface area (Å²) in [5.41, 5.74) is 0.219. The molecule has 0 bridgehead atoms. The van der Waals surface area contributed by atoms with Gasteiger partial charge >= 0.3 is 0 Å². The Morgan fingerprint density at radius 3 is 2.56 bits per heavy atom. The van der Waals surface area contributed by atoms with Crippen LogP contribution in [0.1, 0.15) is 40.2 Å². The number of thiophene rings is 1. The van der Waals surface area contributed by atoms with Gasteiger partial charge in [-0.25, -0.2) is 0 Å². The van der Waals surface area contributed by atoms with E-state index < -0.39 is 5.60 Å². The fourth-order valence-electron chi connectivity index (χ4n) is 1.48. The number of rotatable bonds is 6. The first-order chi connectivity index (χ1) is 8.21. The Balaban J connectivity index is 2.36. The first-order valence-corrected chi connectivity index (χ1v) is 8.26. The van der Waals surface area contributed by atoms with E-state index in [1.165, 1.54) is 0 Å². The zero-order valence-corrected chi connectivity index (χ0v) is 13.6. The molecular formula is C14H25NOS2. The van der Waals surface area contributed by atoms with Gasteiger partial charge in [0, 0.05) is 23.1 Å². The smallest absolute Gasteiger partial charge is 0.1000 e. The summed E-state index contributed by atoms with van der Waals surface area (Å²) >= 11 is 3.57. The van der Waals surface area contributed by atoms with Gasteiger partial charge < -0.3 is 10.4 Å². The van der Waals surface area contributed by atoms with Crippen LogP contribution in [0.3, 0.4) is 0 Å². The van der Waals surface area contributed by atoms with Crippen molar-refractivity contribution in [1.82, 2.24) is 5.32 Å². The van der Waals surface area contributed by atoms with Crippen LogP contribution in [0.2, 0.25) is 0 Å². The van der Waals surface area contributed by atoms with Crippen LogP contribution in [-0.2, 0) is 5.60 Å². The molecule has 1 aromatic rings. The molecule has 0 aliphatic carbocycles. The molecule has 0 saturated carbocycles. The Hall–Kier alpha value is -0.0300. The van der Waals surface area contributed by atoms with Gasteiger partial charge in [-0.1, -0.05) is 20.8 Å². The predicted molar refractivity (Wildman–Crippen MR) is 83.6 cm³/mol. The highest BCUT2D eigenvalue weighted by Gasteiger charge is 2.24. The van der Waals surface area contributed by atoms with Crippen molar-refractivity contribution in [2.45, 2.75) is 51.0 Å². The zero-order valence-electron chi connectivity index (χ0n) is 12.0. The van der Waals surface area contributed by atoms with Crippen LogP contribution >= 0.6 is 23.1 Å². The average molecular weight is 287 g/mol. The van der Waals surface area contributed by atoms with Gasteiger partial charge in [-0.15, -0.1) is 0 Å². The van der Waals surface area contributed by atoms with Crippen LogP contribution in [-0.4, -0.2) is 28.2 Å². The van der Waals surface area contributed by atoms with E-state index in [2.05, 4.69) is 33.0 Å². The fourth-order valence-corrected chi connectivity index (χ4v) is 3.13. The summed E-state index contributed by atoms with van der Waals surface area (Å²) in [6, 6.07) is 2.39. The molecule has 0 radical (unpaired) electrons. The molecule has 0 aliphatic rings. The quantitative estimate of drug-likeness (QED) is 0.840. The second-order valence-electron chi connectivity index (χ2n) is 5.99. The lowest BCUT2D eigenvalue weighted by atomic mass is 9.99. The van der Waals surface area contributed by atoms with E-state index in [9.17, 15) is 5.11 Å². The van der Waals surface area contributed by atoms with Crippen molar-refractivity contribution in [2.24, 2.45) is 0 Å². The normalized spacial score (nSPS) is 17.4. The first kappa shape index (κ1) is 16.0. The number of hydrogen-bond acceptors (Lipinski definition) is 4. The van der Waals surface area contributed by atoms with Crippen LogP contribution in [0, 0.1) is 0 Å². The SMILES string of the molecule is CC(CSC(C)(C)C)NCC(C)(O)c1ccsc1. The minimum atomic E-state index is -0.777. The Bertz CT molecular complexity index is 341. The number of aliphatic hydroxyl groups is 1. The highest BCUT2D eigenvalue weighted by Crippen LogP contribution is 2.25. The van der Waals surface area contributed by atoms with Gasteiger partial charge in [0.25, 0.3) is 0 Å². The lowest BCUT2D eigenvalue weighted by Crippen LogP contribution is -2.40. The zero-order chi connectivity index (χ0) is 13.8. The van der Waals surface area contributed by atoms with E-state index in [0.29, 0.717) is 17.3 Å². The lowest BCUT2D eigenvalue weighted by molar-refractivity contribution is 0.0555. The third kappa shape index (κ3) is 5.74. The molecule has 0 aliphatic heterocycles. The second kappa shape index (κ2) is 6.42. The number of hydrogen-bond donors (Lipinski definition) is 2. The van der Waals surface area contributed by atoms with E-state index in [-0.39, 0.29) is 0 Å². The van der Waals surface area contributed by atoms with Crippen molar-refractivity contribution in [3.8, 4) is 0 Å². The molecule has 0 spiro atoms. The molecule has 2 N–H and O–H groups in total. The van der Waals surface area contributed by atoms with Crippen LogP contribution in [0.5, 0.6) is 0 Å². The van der Waals surface area contributed by atoms with Gasteiger partial charge in [-0.2, -0.15) is 23.1 Å². The summed E-state index contributed by atoms with van der Waals surface area (Å²) in [6.45, 7) is 11.3. The molecule has 2 unspecified atom stereocenters. The van der Waals surface area contributed by atoms with E-state index in [1.54, 1.807) is 11.3 Å². The molecule has 1 heterocycles. The summed E-state index contributed by atoms with van der Waals surface area (Å²) < 4.78 is 0.297. The van der Waals surface area contributed by atoms with Gasteiger partial charge in [0.05, 0.1) is 5.60 Å². The van der Waals surface area contributed by atoms with Crippen LogP contribution in [0.15, 0.2) is 16.8 Å². The molecule has 0 amide bonds. The van der Waals surface area contributed by atoms with Crippen LogP contribution in [0.4, 0.5) is 0 Å². The van der Waals surface area contributed by atoms with Crippen molar-refractivity contribution < 1.29 is 5.11 Å². The average Bonchev–Trinajstić information content (AvgIpc) is 2.76. The highest BCUT2D eigenvalue weighted by molar-refractivity contribution is 8.00. The largest absolute Gasteiger partial charge is 0.384 e. The molecular weight excluding hydrogens is 262 g/mol. The maximum atomic E-state index is 10.4. The van der Waals surface area contributed by atoms with Gasteiger partial charge in [0.2, 0.25) is 0 Å². The summed E-state index contributed by atoms with van der Waals surface area (Å²) in [5, 5.41) is 17.8. The van der Waals surface area contributed by atoms with Crippen LogP contribution < -0.4 is 5.32 Å². The summed E-state index contributed by atoms with van der Waals surface area (Å²) in [5.74, 6) is 1.06. The van der Waals surface area contributed by atoms with Gasteiger partial charge in [-0.3, -0.25) is 0 Å². The first-order valence-electron chi connectivity index (χ1n) is 6.33. The number of thioether (sulfide) groups is 1. The topological polar surface area (TPSA) is 32.3 Å². The minimum absolute atomic E-state index is 0.297. The van der Waals surface area contributed by atoms with Gasteiger partial charge in [0.1, 0.15) is 0 Å². The number of nitrogens with one attached hydrogen (secondary N) is 1. The van der Waals surface area contributed by atoms with E-state index >= 15 is 0 Å². The summed E-state index contributed by atoms with van der Waals surface area (Å²) in [6.07, 6.45) is 0. The molecule has 104 valence electrons. The summed E-state index contributed by atoms with van der Waals surface area (Å²) in [7, 11) is 0. The van der Waals surface area contributed by atoms with Crippen molar-refractivity contribution in [3.05, 3.63) is 22.4 Å². The Morgan fingerprint density at radius 2 is 2.06 bits per heavy atom. The van der Waals surface area contributed by atoms with Gasteiger partial charge in [-0.05, 0) is 36.2 Å². The highest BCUT2D eigenvalue weighted by atomic mass is 32.2. The maximum absolute atomic E-state index is 10.4.